The number of hydrogen-bond donors (Lipinski definition) is 2. The van der Waals surface area contributed by atoms with Gasteiger partial charge in [0.25, 0.3) is 0 Å². The average Bonchev–Trinajstić information content (AvgIpc) is 2.64. The Morgan fingerprint density at radius 3 is 2.07 bits per heavy atom. The van der Waals surface area contributed by atoms with Gasteiger partial charge in [-0.15, -0.1) is 0 Å². The highest BCUT2D eigenvalue weighted by Crippen LogP contribution is 2.19. The van der Waals surface area contributed by atoms with Crippen molar-refractivity contribution in [3.8, 4) is 5.75 Å². The lowest BCUT2D eigenvalue weighted by atomic mass is 9.96. The Bertz CT molecular complexity index is 795. The number of anilines is 2. The molecule has 2 aromatic carbocycles. The first-order valence-electron chi connectivity index (χ1n) is 8.39. The van der Waals surface area contributed by atoms with E-state index >= 15 is 0 Å². The van der Waals surface area contributed by atoms with Gasteiger partial charge in [0.1, 0.15) is 24.6 Å². The Kier molecular flexibility index (Phi) is 6.41. The second kappa shape index (κ2) is 8.55. The van der Waals surface area contributed by atoms with Gasteiger partial charge in [-0.25, -0.2) is 4.79 Å². The Hall–Kier alpha value is -3.06. The van der Waals surface area contributed by atoms with Gasteiger partial charge in [-0.2, -0.15) is 0 Å². The van der Waals surface area contributed by atoms with E-state index in [1.165, 1.54) is 19.2 Å². The predicted molar refractivity (Wildman–Crippen MR) is 103 cm³/mol. The Morgan fingerprint density at radius 1 is 0.926 bits per heavy atom. The Morgan fingerprint density at radius 2 is 1.52 bits per heavy atom. The fourth-order valence-corrected chi connectivity index (χ4v) is 2.31. The van der Waals surface area contributed by atoms with Crippen LogP contribution >= 0.6 is 0 Å². The smallest absolute Gasteiger partial charge is 0.338 e. The number of carbonyl (C=O) groups is 2. The molecule has 7 nitrogen and oxygen atoms in total. The van der Waals surface area contributed by atoms with Crippen LogP contribution in [-0.2, 0) is 9.47 Å². The van der Waals surface area contributed by atoms with E-state index in [9.17, 15) is 9.59 Å². The summed E-state index contributed by atoms with van der Waals surface area (Å²) in [5, 5.41) is 0. The number of nitrogens with two attached hydrogens (primary N) is 2. The van der Waals surface area contributed by atoms with Crippen molar-refractivity contribution < 1.29 is 23.8 Å². The summed E-state index contributed by atoms with van der Waals surface area (Å²) in [7, 11) is 1.49. The van der Waals surface area contributed by atoms with Gasteiger partial charge >= 0.3 is 5.97 Å². The number of ether oxygens (including phenoxy) is 3. The average molecular weight is 372 g/mol. The molecule has 2 rings (SSSR count). The van der Waals surface area contributed by atoms with Crippen LogP contribution in [0.1, 0.15) is 34.6 Å². The molecule has 0 aliphatic heterocycles. The Labute approximate surface area is 158 Å². The van der Waals surface area contributed by atoms with E-state index in [4.69, 9.17) is 25.7 Å². The summed E-state index contributed by atoms with van der Waals surface area (Å²) in [6.45, 7) is 3.65. The van der Waals surface area contributed by atoms with E-state index < -0.39 is 11.6 Å². The van der Waals surface area contributed by atoms with Gasteiger partial charge in [-0.05, 0) is 56.3 Å². The zero-order chi connectivity index (χ0) is 20.0. The zero-order valence-electron chi connectivity index (χ0n) is 15.7. The molecule has 7 heteroatoms. The molecule has 0 radical (unpaired) electrons. The van der Waals surface area contributed by atoms with Crippen LogP contribution in [0.3, 0.4) is 0 Å². The number of carbonyl (C=O) groups excluding carboxylic acids is 2. The van der Waals surface area contributed by atoms with E-state index in [2.05, 4.69) is 0 Å². The lowest BCUT2D eigenvalue weighted by Gasteiger charge is -2.21. The molecule has 0 aromatic heterocycles. The van der Waals surface area contributed by atoms with Crippen LogP contribution in [0.25, 0.3) is 0 Å². The zero-order valence-corrected chi connectivity index (χ0v) is 15.7. The number of ketones is 1. The van der Waals surface area contributed by atoms with E-state index in [0.29, 0.717) is 22.7 Å². The molecule has 0 heterocycles. The van der Waals surface area contributed by atoms with Crippen LogP contribution in [0.2, 0.25) is 0 Å². The summed E-state index contributed by atoms with van der Waals surface area (Å²) in [5.74, 6) is -0.0850. The van der Waals surface area contributed by atoms with E-state index in [1.807, 2.05) is 0 Å². The highest BCUT2D eigenvalue weighted by molar-refractivity contribution is 6.02. The summed E-state index contributed by atoms with van der Waals surface area (Å²) in [6.07, 6.45) is 0. The number of Topliss-reactive ketones (excluding diaryl/α,β-unsaturated/α-hetero) is 1. The summed E-state index contributed by atoms with van der Waals surface area (Å²) in [4.78, 5) is 24.2. The third-order valence-corrected chi connectivity index (χ3v) is 3.97. The number of hydrogen-bond acceptors (Lipinski definition) is 7. The van der Waals surface area contributed by atoms with E-state index in [0.717, 1.165) is 0 Å². The molecule has 0 saturated heterocycles. The SMILES string of the molecule is COC(C)(C)C(=O)c1ccc(OCCOC(=O)c2cc(N)cc(N)c2)cc1. The molecule has 144 valence electrons. The third kappa shape index (κ3) is 5.46. The molecule has 4 N–H and O–H groups in total. The minimum atomic E-state index is -0.888. The molecule has 0 aliphatic carbocycles. The quantitative estimate of drug-likeness (QED) is 0.317. The van der Waals surface area contributed by atoms with Crippen molar-refractivity contribution in [2.24, 2.45) is 0 Å². The Balaban J connectivity index is 1.83. The summed E-state index contributed by atoms with van der Waals surface area (Å²) < 4.78 is 15.8. The molecule has 0 unspecified atom stereocenters. The van der Waals surface area contributed by atoms with Gasteiger partial charge in [0.05, 0.1) is 5.56 Å². The molecule has 27 heavy (non-hydrogen) atoms. The minimum Gasteiger partial charge on any atom is -0.490 e. The second-order valence-electron chi connectivity index (χ2n) is 6.44. The van der Waals surface area contributed by atoms with E-state index in [1.54, 1.807) is 44.2 Å². The second-order valence-corrected chi connectivity index (χ2v) is 6.44. The lowest BCUT2D eigenvalue weighted by Crippen LogP contribution is -2.33. The highest BCUT2D eigenvalue weighted by Gasteiger charge is 2.27. The van der Waals surface area contributed by atoms with Crippen molar-refractivity contribution >= 4 is 23.1 Å². The number of benzene rings is 2. The number of esters is 1. The molecule has 0 atom stereocenters. The lowest BCUT2D eigenvalue weighted by molar-refractivity contribution is 0.0228. The van der Waals surface area contributed by atoms with Gasteiger partial charge in [0, 0.05) is 24.0 Å². The molecule has 2 aromatic rings. The first kappa shape index (κ1) is 20.3. The van der Waals surface area contributed by atoms with Gasteiger partial charge in [-0.3, -0.25) is 4.79 Å². The van der Waals surface area contributed by atoms with Crippen molar-refractivity contribution in [2.75, 3.05) is 31.8 Å². The van der Waals surface area contributed by atoms with Crippen LogP contribution in [0, 0.1) is 0 Å². The molecule has 0 fully saturated rings. The minimum absolute atomic E-state index is 0.0604. The molecular weight excluding hydrogens is 348 g/mol. The molecule has 0 aliphatic rings. The van der Waals surface area contributed by atoms with Crippen molar-refractivity contribution in [1.29, 1.82) is 0 Å². The van der Waals surface area contributed by atoms with Crippen LogP contribution in [-0.4, -0.2) is 37.7 Å². The van der Waals surface area contributed by atoms with Crippen LogP contribution in [0.15, 0.2) is 42.5 Å². The van der Waals surface area contributed by atoms with Gasteiger partial charge < -0.3 is 25.7 Å². The maximum absolute atomic E-state index is 12.3. The van der Waals surface area contributed by atoms with Gasteiger partial charge in [0.15, 0.2) is 5.78 Å². The van der Waals surface area contributed by atoms with Crippen LogP contribution in [0.4, 0.5) is 11.4 Å². The first-order valence-corrected chi connectivity index (χ1v) is 8.39. The summed E-state index contributed by atoms with van der Waals surface area (Å²) in [5.41, 5.74) is 12.0. The number of rotatable bonds is 8. The maximum Gasteiger partial charge on any atom is 0.338 e. The van der Waals surface area contributed by atoms with Crippen molar-refractivity contribution in [3.63, 3.8) is 0 Å². The van der Waals surface area contributed by atoms with Crippen molar-refractivity contribution in [2.45, 2.75) is 19.4 Å². The van der Waals surface area contributed by atoms with Crippen LogP contribution < -0.4 is 16.2 Å². The first-order chi connectivity index (χ1) is 12.7. The van der Waals surface area contributed by atoms with Crippen molar-refractivity contribution in [3.05, 3.63) is 53.6 Å². The molecule has 0 saturated carbocycles. The normalized spacial score (nSPS) is 11.1. The topological polar surface area (TPSA) is 114 Å². The highest BCUT2D eigenvalue weighted by atomic mass is 16.6. The van der Waals surface area contributed by atoms with E-state index in [-0.39, 0.29) is 24.6 Å². The van der Waals surface area contributed by atoms with Gasteiger partial charge in [-0.1, -0.05) is 0 Å². The number of methoxy groups -OCH3 is 1. The monoisotopic (exact) mass is 372 g/mol. The maximum atomic E-state index is 12.3. The molecule has 0 amide bonds. The van der Waals surface area contributed by atoms with Crippen LogP contribution in [0.5, 0.6) is 5.75 Å². The largest absolute Gasteiger partial charge is 0.490 e. The molecule has 0 spiro atoms. The predicted octanol–water partition coefficient (Wildman–Crippen LogP) is 2.69. The summed E-state index contributed by atoms with van der Waals surface area (Å²) >= 11 is 0. The third-order valence-electron chi connectivity index (χ3n) is 3.97. The molecule has 0 bridgehead atoms. The summed E-state index contributed by atoms with van der Waals surface area (Å²) in [6, 6.07) is 11.2. The van der Waals surface area contributed by atoms with Gasteiger partial charge in [0.2, 0.25) is 0 Å². The number of nitrogen functional groups attached to an aromatic ring is 2. The fraction of sp³-hybridized carbons (Fsp3) is 0.300. The molecular formula is C20H24N2O5. The standard InChI is InChI=1S/C20H24N2O5/c1-20(2,25-3)18(23)13-4-6-17(7-5-13)26-8-9-27-19(24)14-10-15(21)12-16(22)11-14/h4-7,10-12H,8-9,21-22H2,1-3H3. The van der Waals surface area contributed by atoms with Crippen molar-refractivity contribution in [1.82, 2.24) is 0 Å². The fourth-order valence-electron chi connectivity index (χ4n) is 2.31.